The van der Waals surface area contributed by atoms with E-state index < -0.39 is 0 Å². The standard InChI is InChI=1S/C16H18N4O/c21-16(19-13-3-1-2-4-13)20-14-5-6-15(18-11-14)12-7-9-17-10-8-12/h5-11,13H,1-4H2,(H2,19,20,21). The molecule has 2 aromatic heterocycles. The molecule has 0 unspecified atom stereocenters. The van der Waals surface area contributed by atoms with Crippen molar-refractivity contribution in [2.24, 2.45) is 0 Å². The van der Waals surface area contributed by atoms with Crippen molar-refractivity contribution in [2.45, 2.75) is 31.7 Å². The van der Waals surface area contributed by atoms with E-state index in [0.717, 1.165) is 24.1 Å². The topological polar surface area (TPSA) is 66.9 Å². The first-order valence-corrected chi connectivity index (χ1v) is 7.25. The van der Waals surface area contributed by atoms with E-state index in [0.29, 0.717) is 11.7 Å². The van der Waals surface area contributed by atoms with Crippen LogP contribution in [0.5, 0.6) is 0 Å². The number of pyridine rings is 2. The van der Waals surface area contributed by atoms with Crippen LogP contribution in [0.3, 0.4) is 0 Å². The predicted octanol–water partition coefficient (Wildman–Crippen LogP) is 3.21. The van der Waals surface area contributed by atoms with Crippen LogP contribution >= 0.6 is 0 Å². The zero-order valence-corrected chi connectivity index (χ0v) is 11.7. The summed E-state index contributed by atoms with van der Waals surface area (Å²) in [5.74, 6) is 0. The highest BCUT2D eigenvalue weighted by atomic mass is 16.2. The predicted molar refractivity (Wildman–Crippen MR) is 81.9 cm³/mol. The van der Waals surface area contributed by atoms with E-state index in [1.54, 1.807) is 18.6 Å². The van der Waals surface area contributed by atoms with Crippen molar-refractivity contribution < 1.29 is 4.79 Å². The summed E-state index contributed by atoms with van der Waals surface area (Å²) in [5.41, 5.74) is 2.56. The monoisotopic (exact) mass is 282 g/mol. The van der Waals surface area contributed by atoms with Gasteiger partial charge in [-0.3, -0.25) is 9.97 Å². The second-order valence-corrected chi connectivity index (χ2v) is 5.25. The van der Waals surface area contributed by atoms with Gasteiger partial charge >= 0.3 is 6.03 Å². The number of rotatable bonds is 3. The summed E-state index contributed by atoms with van der Waals surface area (Å²) in [6, 6.07) is 7.72. The number of anilines is 1. The minimum atomic E-state index is -0.152. The molecular formula is C16H18N4O. The fraction of sp³-hybridized carbons (Fsp3) is 0.312. The van der Waals surface area contributed by atoms with E-state index in [2.05, 4.69) is 20.6 Å². The lowest BCUT2D eigenvalue weighted by Crippen LogP contribution is -2.36. The lowest BCUT2D eigenvalue weighted by Gasteiger charge is -2.12. The fourth-order valence-electron chi connectivity index (χ4n) is 2.58. The van der Waals surface area contributed by atoms with Gasteiger partial charge < -0.3 is 10.6 Å². The van der Waals surface area contributed by atoms with Crippen LogP contribution in [0.2, 0.25) is 0 Å². The van der Waals surface area contributed by atoms with Crippen LogP contribution < -0.4 is 10.6 Å². The van der Waals surface area contributed by atoms with Crippen molar-refractivity contribution >= 4 is 11.7 Å². The Morgan fingerprint density at radius 2 is 1.86 bits per heavy atom. The summed E-state index contributed by atoms with van der Waals surface area (Å²) in [4.78, 5) is 20.2. The molecule has 21 heavy (non-hydrogen) atoms. The largest absolute Gasteiger partial charge is 0.335 e. The van der Waals surface area contributed by atoms with Crippen LogP contribution in [0.25, 0.3) is 11.3 Å². The molecule has 1 aliphatic carbocycles. The van der Waals surface area contributed by atoms with Gasteiger partial charge in [-0.1, -0.05) is 12.8 Å². The maximum absolute atomic E-state index is 11.9. The summed E-state index contributed by atoms with van der Waals surface area (Å²) in [6.45, 7) is 0. The van der Waals surface area contributed by atoms with Crippen molar-refractivity contribution in [1.29, 1.82) is 0 Å². The maximum Gasteiger partial charge on any atom is 0.319 e. The Morgan fingerprint density at radius 1 is 1.10 bits per heavy atom. The Bertz CT molecular complexity index is 591. The summed E-state index contributed by atoms with van der Waals surface area (Å²) in [6.07, 6.45) is 9.69. The lowest BCUT2D eigenvalue weighted by molar-refractivity contribution is 0.248. The average molecular weight is 282 g/mol. The first kappa shape index (κ1) is 13.5. The van der Waals surface area contributed by atoms with Crippen molar-refractivity contribution in [2.75, 3.05) is 5.32 Å². The van der Waals surface area contributed by atoms with Gasteiger partial charge in [0.25, 0.3) is 0 Å². The molecule has 1 fully saturated rings. The fourth-order valence-corrected chi connectivity index (χ4v) is 2.58. The van der Waals surface area contributed by atoms with Gasteiger partial charge in [0.15, 0.2) is 0 Å². The molecule has 0 atom stereocenters. The van der Waals surface area contributed by atoms with E-state index in [4.69, 9.17) is 0 Å². The number of amides is 2. The molecule has 1 saturated carbocycles. The molecule has 108 valence electrons. The quantitative estimate of drug-likeness (QED) is 0.908. The van der Waals surface area contributed by atoms with E-state index in [-0.39, 0.29) is 6.03 Å². The molecule has 2 aromatic rings. The molecule has 1 aliphatic rings. The Morgan fingerprint density at radius 3 is 2.52 bits per heavy atom. The third kappa shape index (κ3) is 3.56. The van der Waals surface area contributed by atoms with E-state index >= 15 is 0 Å². The summed E-state index contributed by atoms with van der Waals surface area (Å²) in [7, 11) is 0. The number of urea groups is 1. The maximum atomic E-state index is 11.9. The Hall–Kier alpha value is -2.43. The molecule has 2 N–H and O–H groups in total. The van der Waals surface area contributed by atoms with E-state index in [1.165, 1.54) is 12.8 Å². The summed E-state index contributed by atoms with van der Waals surface area (Å²) in [5, 5.41) is 5.81. The minimum Gasteiger partial charge on any atom is -0.335 e. The average Bonchev–Trinajstić information content (AvgIpc) is 3.02. The second-order valence-electron chi connectivity index (χ2n) is 5.25. The number of nitrogens with zero attached hydrogens (tertiary/aromatic N) is 2. The Kier molecular flexibility index (Phi) is 4.09. The van der Waals surface area contributed by atoms with Crippen LogP contribution in [0.4, 0.5) is 10.5 Å². The van der Waals surface area contributed by atoms with Crippen molar-refractivity contribution in [3.8, 4) is 11.3 Å². The van der Waals surface area contributed by atoms with Crippen LogP contribution in [0, 0.1) is 0 Å². The van der Waals surface area contributed by atoms with Crippen molar-refractivity contribution in [3.05, 3.63) is 42.9 Å². The van der Waals surface area contributed by atoms with Crippen LogP contribution in [-0.2, 0) is 0 Å². The lowest BCUT2D eigenvalue weighted by atomic mass is 10.2. The van der Waals surface area contributed by atoms with Crippen LogP contribution in [-0.4, -0.2) is 22.0 Å². The first-order valence-electron chi connectivity index (χ1n) is 7.25. The van der Waals surface area contributed by atoms with Gasteiger partial charge in [-0.05, 0) is 37.1 Å². The third-order valence-corrected chi connectivity index (χ3v) is 3.69. The molecule has 0 aliphatic heterocycles. The highest BCUT2D eigenvalue weighted by molar-refractivity contribution is 5.89. The van der Waals surface area contributed by atoms with Gasteiger partial charge in [-0.15, -0.1) is 0 Å². The van der Waals surface area contributed by atoms with Gasteiger partial charge in [-0.25, -0.2) is 4.79 Å². The van der Waals surface area contributed by atoms with Gasteiger partial charge in [0.2, 0.25) is 0 Å². The van der Waals surface area contributed by atoms with Crippen LogP contribution in [0.1, 0.15) is 25.7 Å². The highest BCUT2D eigenvalue weighted by Gasteiger charge is 2.16. The molecule has 2 amide bonds. The normalized spacial score (nSPS) is 14.9. The number of carbonyl (C=O) groups is 1. The molecule has 0 saturated heterocycles. The SMILES string of the molecule is O=C(Nc1ccc(-c2ccncc2)nc1)NC1CCCC1. The zero-order valence-electron chi connectivity index (χ0n) is 11.7. The van der Waals surface area contributed by atoms with Crippen LogP contribution in [0.15, 0.2) is 42.9 Å². The number of hydrogen-bond donors (Lipinski definition) is 2. The number of carbonyl (C=O) groups excluding carboxylic acids is 1. The second kappa shape index (κ2) is 6.35. The molecule has 0 aromatic carbocycles. The molecule has 0 radical (unpaired) electrons. The van der Waals surface area contributed by atoms with Gasteiger partial charge in [0, 0.05) is 24.0 Å². The summed E-state index contributed by atoms with van der Waals surface area (Å²) >= 11 is 0. The number of aromatic nitrogens is 2. The van der Waals surface area contributed by atoms with E-state index in [9.17, 15) is 4.79 Å². The molecule has 5 nitrogen and oxygen atoms in total. The van der Waals surface area contributed by atoms with E-state index in [1.807, 2.05) is 24.3 Å². The number of hydrogen-bond acceptors (Lipinski definition) is 3. The first-order chi connectivity index (χ1) is 10.3. The minimum absolute atomic E-state index is 0.152. The van der Waals surface area contributed by atoms with Gasteiger partial charge in [-0.2, -0.15) is 0 Å². The molecule has 0 bridgehead atoms. The molecule has 0 spiro atoms. The molecular weight excluding hydrogens is 264 g/mol. The molecule has 2 heterocycles. The van der Waals surface area contributed by atoms with Gasteiger partial charge in [0.1, 0.15) is 0 Å². The van der Waals surface area contributed by atoms with Crippen molar-refractivity contribution in [3.63, 3.8) is 0 Å². The summed E-state index contributed by atoms with van der Waals surface area (Å²) < 4.78 is 0. The third-order valence-electron chi connectivity index (χ3n) is 3.69. The smallest absolute Gasteiger partial charge is 0.319 e. The highest BCUT2D eigenvalue weighted by Crippen LogP contribution is 2.19. The Labute approximate surface area is 123 Å². The molecule has 5 heteroatoms. The number of nitrogens with one attached hydrogen (secondary N) is 2. The molecule has 3 rings (SSSR count). The zero-order chi connectivity index (χ0) is 14.5. The Balaban J connectivity index is 1.60. The van der Waals surface area contributed by atoms with Gasteiger partial charge in [0.05, 0.1) is 17.6 Å². The van der Waals surface area contributed by atoms with Crippen molar-refractivity contribution in [1.82, 2.24) is 15.3 Å².